The number of benzene rings is 2. The van der Waals surface area contributed by atoms with Crippen molar-refractivity contribution >= 4 is 21.9 Å². The Balaban J connectivity index is 1.88. The summed E-state index contributed by atoms with van der Waals surface area (Å²) in [5.74, 6) is -2.08. The lowest BCUT2D eigenvalue weighted by Gasteiger charge is -2.10. The smallest absolute Gasteiger partial charge is 0.418 e. The zero-order chi connectivity index (χ0) is 20.3. The van der Waals surface area contributed by atoms with E-state index in [1.165, 1.54) is 12.1 Å². The number of ether oxygens (including phenoxy) is 1. The number of amides is 1. The van der Waals surface area contributed by atoms with E-state index in [1.54, 1.807) is 18.2 Å². The van der Waals surface area contributed by atoms with E-state index in [9.17, 15) is 27.5 Å². The van der Waals surface area contributed by atoms with Crippen molar-refractivity contribution in [2.75, 3.05) is 5.32 Å². The van der Waals surface area contributed by atoms with Gasteiger partial charge in [0, 0.05) is 0 Å². The fourth-order valence-corrected chi connectivity index (χ4v) is 3.31. The van der Waals surface area contributed by atoms with E-state index in [0.717, 1.165) is 24.3 Å². The van der Waals surface area contributed by atoms with Crippen LogP contribution in [-0.2, 0) is 10.0 Å². The number of rotatable bonds is 4. The zero-order valence-corrected chi connectivity index (χ0v) is 14.8. The van der Waals surface area contributed by atoms with Crippen molar-refractivity contribution in [1.29, 1.82) is 0 Å². The van der Waals surface area contributed by atoms with Crippen LogP contribution < -0.4 is 15.7 Å². The summed E-state index contributed by atoms with van der Waals surface area (Å²) in [6.45, 7) is 0. The zero-order valence-electron chi connectivity index (χ0n) is 13.9. The van der Waals surface area contributed by atoms with E-state index in [4.69, 9.17) is 4.74 Å². The van der Waals surface area contributed by atoms with Gasteiger partial charge in [0.25, 0.3) is 10.0 Å². The fraction of sp³-hybridized carbons (Fsp3) is 0. The van der Waals surface area contributed by atoms with Gasteiger partial charge in [-0.1, -0.05) is 18.2 Å². The number of hydrogen-bond acceptors (Lipinski definition) is 7. The van der Waals surface area contributed by atoms with Gasteiger partial charge < -0.3 is 9.84 Å². The topological polar surface area (TPSA) is 128 Å². The summed E-state index contributed by atoms with van der Waals surface area (Å²) >= 11 is 0. The van der Waals surface area contributed by atoms with E-state index >= 15 is 0 Å². The molecule has 3 rings (SSSR count). The minimum atomic E-state index is -4.46. The van der Waals surface area contributed by atoms with E-state index < -0.39 is 33.4 Å². The number of carbonyl (C=O) groups is 1. The molecular weight excluding hydrogens is 393 g/mol. The summed E-state index contributed by atoms with van der Waals surface area (Å²) in [7, 11) is -4.46. The molecule has 0 fully saturated rings. The summed E-state index contributed by atoms with van der Waals surface area (Å²) in [4.78, 5) is 26.8. The molecular formula is C17H12FN3O6S. The Labute approximate surface area is 157 Å². The second-order valence-corrected chi connectivity index (χ2v) is 7.16. The molecule has 9 nitrogen and oxygen atoms in total. The normalized spacial score (nSPS) is 11.0. The van der Waals surface area contributed by atoms with E-state index in [1.807, 2.05) is 5.32 Å². The number of hydrogen-bond donors (Lipinski definition) is 2. The van der Waals surface area contributed by atoms with Crippen molar-refractivity contribution in [1.82, 2.24) is 8.96 Å². The third-order valence-electron chi connectivity index (χ3n) is 3.42. The van der Waals surface area contributed by atoms with Gasteiger partial charge in [-0.05, 0) is 36.4 Å². The summed E-state index contributed by atoms with van der Waals surface area (Å²) in [5.41, 5.74) is -1.34. The van der Waals surface area contributed by atoms with Crippen LogP contribution in [0, 0.1) is 5.82 Å². The Bertz CT molecular complexity index is 1180. The largest absolute Gasteiger partial charge is 0.508 e. The molecule has 28 heavy (non-hydrogen) atoms. The number of phenolic OH excluding ortho intramolecular Hbond substituents is 1. The molecule has 0 bridgehead atoms. The third-order valence-corrected chi connectivity index (χ3v) is 5.07. The number of anilines is 1. The van der Waals surface area contributed by atoms with Crippen LogP contribution in [-0.4, -0.2) is 28.6 Å². The number of aromatic hydroxyl groups is 1. The molecule has 0 spiro atoms. The van der Waals surface area contributed by atoms with Crippen LogP contribution in [0.25, 0.3) is 0 Å². The Morgan fingerprint density at radius 3 is 2.39 bits per heavy atom. The predicted molar refractivity (Wildman–Crippen MR) is 95.2 cm³/mol. The first-order valence-corrected chi connectivity index (χ1v) is 9.09. The van der Waals surface area contributed by atoms with Crippen LogP contribution in [0.3, 0.4) is 0 Å². The van der Waals surface area contributed by atoms with Gasteiger partial charge >= 0.3 is 11.8 Å². The molecule has 0 saturated heterocycles. The van der Waals surface area contributed by atoms with E-state index in [2.05, 4.69) is 4.98 Å². The number of nitrogens with zero attached hydrogens (tertiary/aromatic N) is 2. The highest BCUT2D eigenvalue weighted by Crippen LogP contribution is 2.18. The summed E-state index contributed by atoms with van der Waals surface area (Å²) in [5, 5.41) is 11.2. The number of para-hydroxylation sites is 1. The number of halogens is 1. The van der Waals surface area contributed by atoms with Gasteiger partial charge in [0.15, 0.2) is 11.6 Å². The monoisotopic (exact) mass is 405 g/mol. The van der Waals surface area contributed by atoms with Crippen molar-refractivity contribution in [3.63, 3.8) is 0 Å². The number of carbonyl (C=O) groups excluding carboxylic acids is 1. The molecule has 3 aromatic rings. The molecule has 0 aliphatic rings. The average molecular weight is 405 g/mol. The maximum atomic E-state index is 14.2. The quantitative estimate of drug-likeness (QED) is 0.679. The first kappa shape index (κ1) is 19.0. The van der Waals surface area contributed by atoms with Crippen molar-refractivity contribution in [2.24, 2.45) is 0 Å². The summed E-state index contributed by atoms with van der Waals surface area (Å²) < 4.78 is 44.1. The standard InChI is InChI=1S/C17H12FN3O6S/c18-14-10-21(28(25,26)13-8-6-11(22)7-9-13)16(23)19-15(14)20-17(24)27-12-4-2-1-3-5-12/h1-10,22H,(H,19,20,23,24). The molecule has 2 aromatic carbocycles. The molecule has 1 amide bonds. The first-order chi connectivity index (χ1) is 13.3. The van der Waals surface area contributed by atoms with Crippen LogP contribution in [0.15, 0.2) is 70.5 Å². The SMILES string of the molecule is O=C(Nc1nc(=O)n(S(=O)(=O)c2ccc(O)cc2)cc1F)Oc1ccccc1. The number of nitrogens with one attached hydrogen (secondary N) is 1. The van der Waals surface area contributed by atoms with Gasteiger partial charge in [-0.3, -0.25) is 5.32 Å². The summed E-state index contributed by atoms with van der Waals surface area (Å²) in [6.07, 6.45) is -0.730. The molecule has 0 atom stereocenters. The van der Waals surface area contributed by atoms with E-state index in [-0.39, 0.29) is 20.4 Å². The van der Waals surface area contributed by atoms with Crippen LogP contribution >= 0.6 is 0 Å². The van der Waals surface area contributed by atoms with Crippen LogP contribution in [0.5, 0.6) is 11.5 Å². The van der Waals surface area contributed by atoms with Crippen LogP contribution in [0.1, 0.15) is 0 Å². The molecule has 0 unspecified atom stereocenters. The van der Waals surface area contributed by atoms with Crippen molar-refractivity contribution < 1.29 is 27.4 Å². The average Bonchev–Trinajstić information content (AvgIpc) is 2.65. The predicted octanol–water partition coefficient (Wildman–Crippen LogP) is 1.94. The minimum absolute atomic E-state index is 0.0857. The molecule has 0 aliphatic heterocycles. The molecule has 0 saturated carbocycles. The van der Waals surface area contributed by atoms with Gasteiger partial charge in [0.2, 0.25) is 0 Å². The van der Waals surface area contributed by atoms with Gasteiger partial charge in [0.05, 0.1) is 11.1 Å². The van der Waals surface area contributed by atoms with E-state index in [0.29, 0.717) is 6.20 Å². The molecule has 0 aliphatic carbocycles. The first-order valence-electron chi connectivity index (χ1n) is 7.65. The Morgan fingerprint density at radius 1 is 1.11 bits per heavy atom. The lowest BCUT2D eigenvalue weighted by atomic mass is 10.3. The third kappa shape index (κ3) is 3.99. The van der Waals surface area contributed by atoms with Crippen LogP contribution in [0.4, 0.5) is 15.0 Å². The molecule has 2 N–H and O–H groups in total. The van der Waals surface area contributed by atoms with Gasteiger partial charge in [-0.25, -0.2) is 22.4 Å². The maximum Gasteiger partial charge on any atom is 0.418 e. The van der Waals surface area contributed by atoms with Crippen LogP contribution in [0.2, 0.25) is 0 Å². The molecule has 11 heteroatoms. The highest BCUT2D eigenvalue weighted by Gasteiger charge is 2.22. The second-order valence-electron chi connectivity index (χ2n) is 5.34. The van der Waals surface area contributed by atoms with Gasteiger partial charge in [-0.2, -0.15) is 8.96 Å². The summed E-state index contributed by atoms with van der Waals surface area (Å²) in [6, 6.07) is 12.1. The molecule has 1 heterocycles. The molecule has 1 aromatic heterocycles. The van der Waals surface area contributed by atoms with Crippen molar-refractivity contribution in [3.05, 3.63) is 77.1 Å². The number of phenols is 1. The second kappa shape index (κ2) is 7.48. The number of aromatic nitrogens is 2. The lowest BCUT2D eigenvalue weighted by molar-refractivity contribution is 0.215. The van der Waals surface area contributed by atoms with Crippen molar-refractivity contribution in [2.45, 2.75) is 4.90 Å². The minimum Gasteiger partial charge on any atom is -0.508 e. The fourth-order valence-electron chi connectivity index (χ4n) is 2.13. The molecule has 144 valence electrons. The van der Waals surface area contributed by atoms with Gasteiger partial charge in [0.1, 0.15) is 11.5 Å². The van der Waals surface area contributed by atoms with Gasteiger partial charge in [-0.15, -0.1) is 0 Å². The lowest BCUT2D eigenvalue weighted by Crippen LogP contribution is -2.31. The highest BCUT2D eigenvalue weighted by molar-refractivity contribution is 7.90. The maximum absolute atomic E-state index is 14.2. The molecule has 0 radical (unpaired) electrons. The van der Waals surface area contributed by atoms with Crippen molar-refractivity contribution in [3.8, 4) is 11.5 Å². The Kier molecular flexibility index (Phi) is 5.09. The Hall–Kier alpha value is -3.73. The Morgan fingerprint density at radius 2 is 1.75 bits per heavy atom. The highest BCUT2D eigenvalue weighted by atomic mass is 32.2.